The Morgan fingerprint density at radius 2 is 1.81 bits per heavy atom. The van der Waals surface area contributed by atoms with Gasteiger partial charge in [-0.1, -0.05) is 36.9 Å². The molecule has 0 spiro atoms. The number of aromatic hydroxyl groups is 1. The van der Waals surface area contributed by atoms with Gasteiger partial charge >= 0.3 is 0 Å². The van der Waals surface area contributed by atoms with Gasteiger partial charge in [-0.2, -0.15) is 0 Å². The molecule has 166 valence electrons. The second kappa shape index (κ2) is 8.68. The predicted molar refractivity (Wildman–Crippen MR) is 129 cm³/mol. The van der Waals surface area contributed by atoms with Crippen molar-refractivity contribution in [3.63, 3.8) is 0 Å². The molecule has 2 aromatic rings. The molecule has 1 N–H and O–H groups in total. The van der Waals surface area contributed by atoms with E-state index >= 15 is 0 Å². The number of phenols is 1. The molecule has 1 fully saturated rings. The molecule has 0 atom stereocenters. The van der Waals surface area contributed by atoms with E-state index in [2.05, 4.69) is 72.5 Å². The largest absolute Gasteiger partial charge is 0.508 e. The molecule has 4 nitrogen and oxygen atoms in total. The molecule has 2 heterocycles. The second-order valence-electron chi connectivity index (χ2n) is 9.97. The fourth-order valence-corrected chi connectivity index (χ4v) is 4.85. The van der Waals surface area contributed by atoms with Crippen molar-refractivity contribution in [2.45, 2.75) is 52.2 Å². The molecule has 0 bridgehead atoms. The predicted octanol–water partition coefficient (Wildman–Crippen LogP) is 4.65. The Labute approximate surface area is 187 Å². The van der Waals surface area contributed by atoms with Gasteiger partial charge < -0.3 is 14.9 Å². The molecule has 0 amide bonds. The van der Waals surface area contributed by atoms with Crippen molar-refractivity contribution in [2.75, 3.05) is 33.2 Å². The lowest BCUT2D eigenvalue weighted by Crippen LogP contribution is -2.43. The standard InChI is InChI=1S/C27H37N3O/c1-20-17-22(9-10-26(20)31)11-12-27(3,4)30-18-23-7-6-8-24(25(23)19-30)21(2)29-15-13-28(5)14-16-29/h6-10,17,31H,2,11-16,18-19H2,1,3-5H3. The minimum atomic E-state index is 0.0945. The minimum absolute atomic E-state index is 0.0945. The van der Waals surface area contributed by atoms with Gasteiger partial charge in [-0.05, 0) is 69.0 Å². The zero-order valence-electron chi connectivity index (χ0n) is 19.6. The highest BCUT2D eigenvalue weighted by atomic mass is 16.3. The van der Waals surface area contributed by atoms with Crippen LogP contribution in [0.5, 0.6) is 5.75 Å². The van der Waals surface area contributed by atoms with Crippen molar-refractivity contribution in [3.8, 4) is 5.75 Å². The van der Waals surface area contributed by atoms with E-state index in [1.165, 1.54) is 28.0 Å². The van der Waals surface area contributed by atoms with Gasteiger partial charge in [-0.15, -0.1) is 0 Å². The van der Waals surface area contributed by atoms with Crippen molar-refractivity contribution in [1.82, 2.24) is 14.7 Å². The van der Waals surface area contributed by atoms with E-state index in [1.807, 2.05) is 13.0 Å². The third kappa shape index (κ3) is 4.65. The van der Waals surface area contributed by atoms with E-state index in [4.69, 9.17) is 0 Å². The molecule has 0 radical (unpaired) electrons. The Balaban J connectivity index is 1.45. The van der Waals surface area contributed by atoms with Gasteiger partial charge in [-0.3, -0.25) is 4.90 Å². The molecule has 2 aliphatic heterocycles. The van der Waals surface area contributed by atoms with Crippen LogP contribution in [0.4, 0.5) is 0 Å². The van der Waals surface area contributed by atoms with Gasteiger partial charge in [0.15, 0.2) is 0 Å². The Kier molecular flexibility index (Phi) is 6.14. The summed E-state index contributed by atoms with van der Waals surface area (Å²) in [5.74, 6) is 0.381. The number of piperazine rings is 1. The number of aryl methyl sites for hydroxylation is 2. The zero-order valence-corrected chi connectivity index (χ0v) is 19.6. The van der Waals surface area contributed by atoms with Crippen molar-refractivity contribution >= 4 is 5.70 Å². The van der Waals surface area contributed by atoms with Crippen molar-refractivity contribution in [1.29, 1.82) is 0 Å². The monoisotopic (exact) mass is 419 g/mol. The number of hydrogen-bond donors (Lipinski definition) is 1. The van der Waals surface area contributed by atoms with Crippen molar-refractivity contribution in [2.24, 2.45) is 0 Å². The first-order chi connectivity index (χ1) is 14.7. The van der Waals surface area contributed by atoms with Crippen LogP contribution in [-0.2, 0) is 19.5 Å². The highest BCUT2D eigenvalue weighted by Crippen LogP contribution is 2.36. The number of nitrogens with zero attached hydrogens (tertiary/aromatic N) is 3. The number of fused-ring (bicyclic) bond motifs is 1. The van der Waals surface area contributed by atoms with Crippen LogP contribution in [0.15, 0.2) is 43.0 Å². The average molecular weight is 420 g/mol. The lowest BCUT2D eigenvalue weighted by Gasteiger charge is -2.36. The molecule has 0 unspecified atom stereocenters. The van der Waals surface area contributed by atoms with E-state index in [0.29, 0.717) is 5.75 Å². The maximum absolute atomic E-state index is 9.80. The Bertz CT molecular complexity index is 957. The summed E-state index contributed by atoms with van der Waals surface area (Å²) in [6, 6.07) is 12.7. The van der Waals surface area contributed by atoms with E-state index in [9.17, 15) is 5.11 Å². The van der Waals surface area contributed by atoms with Gasteiger partial charge in [0.05, 0.1) is 0 Å². The molecule has 2 aromatic carbocycles. The zero-order chi connectivity index (χ0) is 22.2. The first-order valence-corrected chi connectivity index (χ1v) is 11.5. The molecular formula is C27H37N3O. The molecule has 0 aromatic heterocycles. The number of phenolic OH excluding ortho intramolecular Hbond substituents is 1. The first-order valence-electron chi connectivity index (χ1n) is 11.5. The summed E-state index contributed by atoms with van der Waals surface area (Å²) in [5, 5.41) is 9.80. The third-order valence-electron chi connectivity index (χ3n) is 7.32. The summed E-state index contributed by atoms with van der Waals surface area (Å²) < 4.78 is 0. The number of hydrogen-bond acceptors (Lipinski definition) is 4. The maximum atomic E-state index is 9.80. The van der Waals surface area contributed by atoms with Crippen LogP contribution >= 0.6 is 0 Å². The van der Waals surface area contributed by atoms with E-state index in [1.54, 1.807) is 0 Å². The fourth-order valence-electron chi connectivity index (χ4n) is 4.85. The average Bonchev–Trinajstić information content (AvgIpc) is 3.20. The summed E-state index contributed by atoms with van der Waals surface area (Å²) in [6.07, 6.45) is 2.10. The van der Waals surface area contributed by atoms with E-state index in [0.717, 1.165) is 57.7 Å². The van der Waals surface area contributed by atoms with Crippen LogP contribution in [-0.4, -0.2) is 58.6 Å². The van der Waals surface area contributed by atoms with Crippen molar-refractivity contribution < 1.29 is 5.11 Å². The summed E-state index contributed by atoms with van der Waals surface area (Å²) in [6.45, 7) is 17.5. The van der Waals surface area contributed by atoms with Crippen LogP contribution in [0.3, 0.4) is 0 Å². The van der Waals surface area contributed by atoms with Crippen LogP contribution in [0.25, 0.3) is 5.70 Å². The molecular weight excluding hydrogens is 382 g/mol. The molecule has 2 aliphatic rings. The Morgan fingerprint density at radius 1 is 1.06 bits per heavy atom. The number of rotatable bonds is 6. The van der Waals surface area contributed by atoms with Gasteiger partial charge in [0.2, 0.25) is 0 Å². The Hall–Kier alpha value is -2.30. The van der Waals surface area contributed by atoms with Crippen LogP contribution < -0.4 is 0 Å². The summed E-state index contributed by atoms with van der Waals surface area (Å²) in [7, 11) is 2.19. The second-order valence-corrected chi connectivity index (χ2v) is 9.97. The number of likely N-dealkylation sites (N-methyl/N-ethyl adjacent to an activating group) is 1. The van der Waals surface area contributed by atoms with Gasteiger partial charge in [0.1, 0.15) is 5.75 Å². The van der Waals surface area contributed by atoms with Crippen LogP contribution in [0.2, 0.25) is 0 Å². The van der Waals surface area contributed by atoms with E-state index in [-0.39, 0.29) is 5.54 Å². The summed E-state index contributed by atoms with van der Waals surface area (Å²) in [5.41, 5.74) is 7.76. The molecule has 1 saturated heterocycles. The first kappa shape index (κ1) is 21.9. The topological polar surface area (TPSA) is 30.0 Å². The smallest absolute Gasteiger partial charge is 0.118 e. The van der Waals surface area contributed by atoms with Crippen LogP contribution in [0.1, 0.15) is 48.1 Å². The van der Waals surface area contributed by atoms with Crippen LogP contribution in [0, 0.1) is 6.92 Å². The quantitative estimate of drug-likeness (QED) is 0.738. The molecule has 4 rings (SSSR count). The fraction of sp³-hybridized carbons (Fsp3) is 0.481. The summed E-state index contributed by atoms with van der Waals surface area (Å²) >= 11 is 0. The van der Waals surface area contributed by atoms with E-state index < -0.39 is 0 Å². The van der Waals surface area contributed by atoms with Gasteiger partial charge in [-0.25, -0.2) is 0 Å². The molecule has 31 heavy (non-hydrogen) atoms. The lowest BCUT2D eigenvalue weighted by atomic mass is 9.93. The van der Waals surface area contributed by atoms with Crippen molar-refractivity contribution in [3.05, 3.63) is 70.8 Å². The van der Waals surface area contributed by atoms with Gasteiger partial charge in [0.25, 0.3) is 0 Å². The SMILES string of the molecule is C=C(c1cccc2c1CN(C(C)(C)CCc1ccc(O)c(C)c1)C2)N1CCN(C)CC1. The Morgan fingerprint density at radius 3 is 2.52 bits per heavy atom. The third-order valence-corrected chi connectivity index (χ3v) is 7.32. The molecule has 4 heteroatoms. The highest BCUT2D eigenvalue weighted by molar-refractivity contribution is 5.67. The maximum Gasteiger partial charge on any atom is 0.118 e. The highest BCUT2D eigenvalue weighted by Gasteiger charge is 2.33. The number of benzene rings is 2. The molecule has 0 aliphatic carbocycles. The molecule has 0 saturated carbocycles. The minimum Gasteiger partial charge on any atom is -0.508 e. The van der Waals surface area contributed by atoms with Gasteiger partial charge in [0, 0.05) is 56.1 Å². The summed E-state index contributed by atoms with van der Waals surface area (Å²) in [4.78, 5) is 7.46. The normalized spacial score (nSPS) is 17.7. The lowest BCUT2D eigenvalue weighted by molar-refractivity contribution is 0.109.